The summed E-state index contributed by atoms with van der Waals surface area (Å²) in [6.45, 7) is -0.319. The molecule has 0 radical (unpaired) electrons. The van der Waals surface area contributed by atoms with Crippen molar-refractivity contribution in [2.75, 3.05) is 6.54 Å². The molecule has 3 N–H and O–H groups in total. The van der Waals surface area contributed by atoms with Crippen LogP contribution in [0, 0.1) is 5.82 Å². The van der Waals surface area contributed by atoms with Crippen LogP contribution in [0.1, 0.15) is 34.1 Å². The molecule has 1 aliphatic heterocycles. The van der Waals surface area contributed by atoms with Gasteiger partial charge in [0.2, 0.25) is 0 Å². The summed E-state index contributed by atoms with van der Waals surface area (Å²) >= 11 is 0. The lowest BCUT2D eigenvalue weighted by Crippen LogP contribution is -2.54. The van der Waals surface area contributed by atoms with E-state index in [1.165, 1.54) is 18.3 Å². The number of amides is 4. The third-order valence-electron chi connectivity index (χ3n) is 6.33. The van der Waals surface area contributed by atoms with E-state index >= 15 is 0 Å². The molecule has 1 aliphatic carbocycles. The predicted octanol–water partition coefficient (Wildman–Crippen LogP) is 2.81. The molecule has 2 fully saturated rings. The topological polar surface area (TPSA) is 105 Å². The zero-order valence-corrected chi connectivity index (χ0v) is 18.4. The molecule has 5 rings (SSSR count). The van der Waals surface area contributed by atoms with Crippen LogP contribution in [0.2, 0.25) is 0 Å². The lowest BCUT2D eigenvalue weighted by atomic mass is 9.95. The molecule has 2 atom stereocenters. The molecule has 2 aliphatic rings. The maximum Gasteiger partial charge on any atom is 0.322 e. The normalized spacial score (nSPS) is 22.5. The number of benzene rings is 2. The number of nitrogens with zero attached hydrogens (tertiary/aromatic N) is 2. The van der Waals surface area contributed by atoms with Crippen LogP contribution in [-0.2, 0) is 17.4 Å². The van der Waals surface area contributed by atoms with Gasteiger partial charge in [-0.1, -0.05) is 24.3 Å². The molecule has 4 amide bonds. The van der Waals surface area contributed by atoms with E-state index in [1.54, 1.807) is 42.1 Å². The average molecular weight is 483 g/mol. The number of carbonyl (C=O) groups excluding carboxylic acids is 3. The highest BCUT2D eigenvalue weighted by Gasteiger charge is 2.57. The Balaban J connectivity index is 1.42. The molecule has 8 nitrogen and oxygen atoms in total. The standard InChI is InChI=1S/C24H20F3N5O3/c1-32-9-8-28-20(32)23(21(34)30-22(35)31-23)12-29-19(33)16-7-6-15(25)10-17(16)13-2-4-14(5-3-13)18-11-24(18,26)27/h2-10,18H,11-12H2,1H3,(H,29,33)(H2,30,31,34,35). The molecule has 1 aromatic heterocycles. The molecule has 180 valence electrons. The van der Waals surface area contributed by atoms with E-state index in [9.17, 15) is 27.6 Å². The van der Waals surface area contributed by atoms with E-state index in [2.05, 4.69) is 20.9 Å². The van der Waals surface area contributed by atoms with Gasteiger partial charge < -0.3 is 15.2 Å². The third kappa shape index (κ3) is 3.92. The lowest BCUT2D eigenvalue weighted by Gasteiger charge is -2.26. The smallest absolute Gasteiger partial charge is 0.322 e. The maximum atomic E-state index is 14.1. The molecular formula is C24H20F3N5O3. The van der Waals surface area contributed by atoms with Gasteiger partial charge in [0.15, 0.2) is 5.54 Å². The highest BCUT2D eigenvalue weighted by atomic mass is 19.3. The van der Waals surface area contributed by atoms with Crippen molar-refractivity contribution < 1.29 is 27.6 Å². The van der Waals surface area contributed by atoms with Gasteiger partial charge in [0.05, 0.1) is 12.5 Å². The van der Waals surface area contributed by atoms with Gasteiger partial charge in [-0.2, -0.15) is 0 Å². The summed E-state index contributed by atoms with van der Waals surface area (Å²) < 4.78 is 42.4. The Hall–Kier alpha value is -4.15. The zero-order chi connectivity index (χ0) is 25.0. The Labute approximate surface area is 197 Å². The number of aromatic nitrogens is 2. The number of hydrogen-bond donors (Lipinski definition) is 3. The van der Waals surface area contributed by atoms with Crippen LogP contribution in [0.3, 0.4) is 0 Å². The Morgan fingerprint density at radius 2 is 1.91 bits per heavy atom. The van der Waals surface area contributed by atoms with Gasteiger partial charge in [-0.25, -0.2) is 22.9 Å². The second kappa shape index (κ2) is 7.97. The van der Waals surface area contributed by atoms with Crippen LogP contribution in [-0.4, -0.2) is 39.9 Å². The first kappa shape index (κ1) is 22.6. The van der Waals surface area contributed by atoms with Crippen molar-refractivity contribution in [2.24, 2.45) is 7.05 Å². The molecule has 1 saturated heterocycles. The largest absolute Gasteiger partial charge is 0.349 e. The molecule has 2 heterocycles. The second-order valence-electron chi connectivity index (χ2n) is 8.69. The van der Waals surface area contributed by atoms with Crippen molar-refractivity contribution >= 4 is 17.8 Å². The number of alkyl halides is 2. The summed E-state index contributed by atoms with van der Waals surface area (Å²) in [5.41, 5.74) is -0.338. The molecule has 11 heteroatoms. The van der Waals surface area contributed by atoms with Crippen LogP contribution < -0.4 is 16.0 Å². The number of rotatable bonds is 6. The van der Waals surface area contributed by atoms with Crippen molar-refractivity contribution in [3.8, 4) is 11.1 Å². The Morgan fingerprint density at radius 3 is 2.49 bits per heavy atom. The number of urea groups is 1. The van der Waals surface area contributed by atoms with E-state index in [-0.39, 0.29) is 29.9 Å². The predicted molar refractivity (Wildman–Crippen MR) is 118 cm³/mol. The number of carbonyl (C=O) groups is 3. The summed E-state index contributed by atoms with van der Waals surface area (Å²) in [7, 11) is 1.64. The highest BCUT2D eigenvalue weighted by Crippen LogP contribution is 2.55. The van der Waals surface area contributed by atoms with E-state index < -0.39 is 41.0 Å². The Bertz CT molecular complexity index is 1350. The summed E-state index contributed by atoms with van der Waals surface area (Å²) in [4.78, 5) is 41.9. The fraction of sp³-hybridized carbons (Fsp3) is 0.250. The number of aryl methyl sites for hydroxylation is 1. The van der Waals surface area contributed by atoms with Crippen LogP contribution in [0.5, 0.6) is 0 Å². The average Bonchev–Trinajstić information content (AvgIpc) is 3.10. The number of halogens is 3. The fourth-order valence-corrected chi connectivity index (χ4v) is 4.36. The number of hydrogen-bond acceptors (Lipinski definition) is 4. The maximum absolute atomic E-state index is 14.1. The molecule has 1 saturated carbocycles. The van der Waals surface area contributed by atoms with Gasteiger partial charge in [-0.3, -0.25) is 14.9 Å². The Kier molecular flexibility index (Phi) is 5.15. The SMILES string of the molecule is Cn1ccnc1C1(CNC(=O)c2ccc(F)cc2-c2ccc(C3CC3(F)F)cc2)NC(=O)NC1=O. The van der Waals surface area contributed by atoms with Crippen molar-refractivity contribution in [3.63, 3.8) is 0 Å². The van der Waals surface area contributed by atoms with Gasteiger partial charge in [0.1, 0.15) is 11.6 Å². The summed E-state index contributed by atoms with van der Waals surface area (Å²) in [6, 6.07) is 9.08. The first-order chi connectivity index (χ1) is 16.6. The van der Waals surface area contributed by atoms with E-state index in [0.29, 0.717) is 11.1 Å². The van der Waals surface area contributed by atoms with E-state index in [0.717, 1.165) is 6.07 Å². The number of imidazole rings is 1. The molecule has 2 aromatic carbocycles. The molecule has 0 bridgehead atoms. The van der Waals surface area contributed by atoms with Crippen molar-refractivity contribution in [2.45, 2.75) is 23.8 Å². The summed E-state index contributed by atoms with van der Waals surface area (Å²) in [6.07, 6.45) is 2.84. The minimum Gasteiger partial charge on any atom is -0.349 e. The van der Waals surface area contributed by atoms with Crippen LogP contribution in [0.4, 0.5) is 18.0 Å². The van der Waals surface area contributed by atoms with Crippen molar-refractivity contribution in [1.82, 2.24) is 25.5 Å². The summed E-state index contributed by atoms with van der Waals surface area (Å²) in [5.74, 6) is -5.21. The highest BCUT2D eigenvalue weighted by molar-refractivity contribution is 6.08. The first-order valence-electron chi connectivity index (χ1n) is 10.8. The fourth-order valence-electron chi connectivity index (χ4n) is 4.36. The van der Waals surface area contributed by atoms with Gasteiger partial charge in [-0.15, -0.1) is 0 Å². The van der Waals surface area contributed by atoms with Crippen molar-refractivity contribution in [1.29, 1.82) is 0 Å². The molecule has 3 aromatic rings. The van der Waals surface area contributed by atoms with E-state index in [4.69, 9.17) is 0 Å². The monoisotopic (exact) mass is 483 g/mol. The van der Waals surface area contributed by atoms with Gasteiger partial charge >= 0.3 is 6.03 Å². The van der Waals surface area contributed by atoms with Crippen LogP contribution in [0.25, 0.3) is 11.1 Å². The number of imide groups is 1. The number of nitrogens with one attached hydrogen (secondary N) is 3. The third-order valence-corrected chi connectivity index (χ3v) is 6.33. The molecule has 0 spiro atoms. The first-order valence-corrected chi connectivity index (χ1v) is 10.8. The van der Waals surface area contributed by atoms with Gasteiger partial charge in [0.25, 0.3) is 17.7 Å². The molecular weight excluding hydrogens is 463 g/mol. The van der Waals surface area contributed by atoms with Crippen LogP contribution in [0.15, 0.2) is 54.9 Å². The van der Waals surface area contributed by atoms with Crippen LogP contribution >= 0.6 is 0 Å². The summed E-state index contributed by atoms with van der Waals surface area (Å²) in [5, 5.41) is 7.33. The zero-order valence-electron chi connectivity index (χ0n) is 18.4. The van der Waals surface area contributed by atoms with E-state index in [1.807, 2.05) is 0 Å². The minimum atomic E-state index is -2.71. The van der Waals surface area contributed by atoms with Gasteiger partial charge in [0, 0.05) is 31.4 Å². The molecule has 2 unspecified atom stereocenters. The minimum absolute atomic E-state index is 0.107. The van der Waals surface area contributed by atoms with Crippen molar-refractivity contribution in [3.05, 3.63) is 77.6 Å². The Morgan fingerprint density at radius 1 is 1.20 bits per heavy atom. The quantitative estimate of drug-likeness (QED) is 0.469. The lowest BCUT2D eigenvalue weighted by molar-refractivity contribution is -0.124. The second-order valence-corrected chi connectivity index (χ2v) is 8.69. The molecule has 35 heavy (non-hydrogen) atoms. The van der Waals surface area contributed by atoms with Gasteiger partial charge in [-0.05, 0) is 34.9 Å².